The molecule has 1 aliphatic heterocycles. The molecule has 1 N–H and O–H groups in total. The number of allylic oxidation sites excluding steroid dienone is 2. The molecular formula is C26H36F2N2O2. The summed E-state index contributed by atoms with van der Waals surface area (Å²) < 4.78 is 31.6. The van der Waals surface area contributed by atoms with Crippen LogP contribution in [0.15, 0.2) is 48.1 Å². The topological polar surface area (TPSA) is 41.6 Å². The summed E-state index contributed by atoms with van der Waals surface area (Å²) in [4.78, 5) is 14.3. The molecular weight excluding hydrogens is 410 g/mol. The lowest BCUT2D eigenvalue weighted by Gasteiger charge is -2.25. The van der Waals surface area contributed by atoms with Crippen LogP contribution in [-0.4, -0.2) is 49.7 Å². The number of morpholine rings is 1. The van der Waals surface area contributed by atoms with E-state index in [0.29, 0.717) is 5.57 Å². The molecule has 0 spiro atoms. The normalized spacial score (nSPS) is 15.2. The van der Waals surface area contributed by atoms with Crippen molar-refractivity contribution in [2.45, 2.75) is 40.7 Å². The molecule has 2 rings (SSSR count). The Hall–Kier alpha value is -2.75. The van der Waals surface area contributed by atoms with Crippen molar-refractivity contribution in [3.05, 3.63) is 65.3 Å². The predicted molar refractivity (Wildman–Crippen MR) is 129 cm³/mol. The van der Waals surface area contributed by atoms with E-state index in [4.69, 9.17) is 11.2 Å². The Balaban J connectivity index is 0.00000227. The van der Waals surface area contributed by atoms with Crippen molar-refractivity contribution in [2.75, 3.05) is 32.8 Å². The highest BCUT2D eigenvalue weighted by Gasteiger charge is 2.09. The second-order valence-electron chi connectivity index (χ2n) is 6.37. The van der Waals surface area contributed by atoms with E-state index < -0.39 is 17.5 Å². The highest BCUT2D eigenvalue weighted by Crippen LogP contribution is 2.09. The molecule has 32 heavy (non-hydrogen) atoms. The van der Waals surface area contributed by atoms with Crippen molar-refractivity contribution in [2.24, 2.45) is 0 Å². The van der Waals surface area contributed by atoms with Gasteiger partial charge < -0.3 is 10.1 Å². The summed E-state index contributed by atoms with van der Waals surface area (Å²) in [6.07, 6.45) is 13.8. The van der Waals surface area contributed by atoms with E-state index in [9.17, 15) is 13.6 Å². The third kappa shape index (κ3) is 12.2. The van der Waals surface area contributed by atoms with Gasteiger partial charge in [0.2, 0.25) is 5.91 Å². The maximum atomic E-state index is 13.2. The van der Waals surface area contributed by atoms with Gasteiger partial charge in [-0.1, -0.05) is 45.8 Å². The summed E-state index contributed by atoms with van der Waals surface area (Å²) in [6.45, 7) is 13.9. The van der Waals surface area contributed by atoms with Crippen molar-refractivity contribution >= 4 is 12.0 Å². The molecule has 1 saturated heterocycles. The van der Waals surface area contributed by atoms with Crippen LogP contribution in [0.2, 0.25) is 0 Å². The molecule has 176 valence electrons. The van der Waals surface area contributed by atoms with Gasteiger partial charge in [-0.15, -0.1) is 6.42 Å². The van der Waals surface area contributed by atoms with E-state index in [2.05, 4.69) is 16.1 Å². The zero-order chi connectivity index (χ0) is 24.4. The highest BCUT2D eigenvalue weighted by atomic mass is 19.1. The Morgan fingerprint density at radius 3 is 2.34 bits per heavy atom. The monoisotopic (exact) mass is 446 g/mol. The zero-order valence-corrected chi connectivity index (χ0v) is 19.8. The van der Waals surface area contributed by atoms with E-state index in [-0.39, 0.29) is 11.6 Å². The van der Waals surface area contributed by atoms with Crippen LogP contribution in [0.5, 0.6) is 0 Å². The molecule has 0 radical (unpaired) electrons. The number of amides is 1. The molecule has 1 aromatic carbocycles. The third-order valence-electron chi connectivity index (χ3n) is 4.18. The Labute approximate surface area is 192 Å². The average molecular weight is 447 g/mol. The standard InChI is InChI=1S/C22H24F2N2O2.2C2H6/c1-3-19(6-4-5-9-26-10-12-28-13-11-26)17(2)25-22(27)8-7-18-14-20(23)16-21(24)15-18;2*1-2/h1,4-8,14-17H,9-13H2,2H3,(H,25,27);2*1-2H3/b5-4-,8-7+,19-6+;;. The zero-order valence-electron chi connectivity index (χ0n) is 19.8. The maximum absolute atomic E-state index is 13.2. The lowest BCUT2D eigenvalue weighted by molar-refractivity contribution is -0.116. The Morgan fingerprint density at radius 1 is 1.19 bits per heavy atom. The summed E-state index contributed by atoms with van der Waals surface area (Å²) in [5.74, 6) is 0.767. The van der Waals surface area contributed by atoms with Crippen LogP contribution in [0.4, 0.5) is 8.78 Å². The summed E-state index contributed by atoms with van der Waals surface area (Å²) in [5, 5.41) is 2.74. The van der Waals surface area contributed by atoms with Crippen LogP contribution in [0.3, 0.4) is 0 Å². The van der Waals surface area contributed by atoms with Gasteiger partial charge in [0, 0.05) is 37.3 Å². The van der Waals surface area contributed by atoms with Gasteiger partial charge in [0.1, 0.15) is 11.6 Å². The smallest absolute Gasteiger partial charge is 0.244 e. The minimum absolute atomic E-state index is 0.263. The molecule has 1 heterocycles. The largest absolute Gasteiger partial charge is 0.379 e. The number of halogens is 2. The predicted octanol–water partition coefficient (Wildman–Crippen LogP) is 4.98. The van der Waals surface area contributed by atoms with Gasteiger partial charge in [-0.2, -0.15) is 0 Å². The van der Waals surface area contributed by atoms with E-state index in [0.717, 1.165) is 51.0 Å². The minimum Gasteiger partial charge on any atom is -0.379 e. The first kappa shape index (κ1) is 29.2. The molecule has 4 nitrogen and oxygen atoms in total. The van der Waals surface area contributed by atoms with Crippen LogP contribution >= 0.6 is 0 Å². The van der Waals surface area contributed by atoms with Crippen molar-refractivity contribution < 1.29 is 18.3 Å². The Bertz CT molecular complexity index is 784. The Morgan fingerprint density at radius 2 is 1.78 bits per heavy atom. The van der Waals surface area contributed by atoms with Crippen molar-refractivity contribution in [1.82, 2.24) is 10.2 Å². The number of carbonyl (C=O) groups is 1. The Kier molecular flexibility index (Phi) is 16.3. The van der Waals surface area contributed by atoms with E-state index in [1.165, 1.54) is 12.2 Å². The van der Waals surface area contributed by atoms with Crippen LogP contribution in [0.25, 0.3) is 6.08 Å². The molecule has 1 aliphatic rings. The van der Waals surface area contributed by atoms with E-state index in [1.807, 2.05) is 39.8 Å². The summed E-state index contributed by atoms with van der Waals surface area (Å²) >= 11 is 0. The molecule has 0 bridgehead atoms. The van der Waals surface area contributed by atoms with Gasteiger partial charge in [0.15, 0.2) is 0 Å². The van der Waals surface area contributed by atoms with Gasteiger partial charge in [0.25, 0.3) is 0 Å². The van der Waals surface area contributed by atoms with Crippen molar-refractivity contribution in [1.29, 1.82) is 0 Å². The first-order valence-corrected chi connectivity index (χ1v) is 11.1. The number of carbonyl (C=O) groups excluding carboxylic acids is 1. The number of benzene rings is 1. The van der Waals surface area contributed by atoms with Gasteiger partial charge in [0.05, 0.1) is 19.3 Å². The number of nitrogens with one attached hydrogen (secondary N) is 1. The molecule has 0 saturated carbocycles. The molecule has 0 aromatic heterocycles. The molecule has 1 amide bonds. The van der Waals surface area contributed by atoms with Crippen LogP contribution in [0, 0.1) is 24.0 Å². The van der Waals surface area contributed by atoms with Gasteiger partial charge in [-0.25, -0.2) is 8.78 Å². The minimum atomic E-state index is -0.699. The fourth-order valence-corrected chi connectivity index (χ4v) is 2.67. The SMILES string of the molecule is C#C/C(=C\C=C/CN1CCOCC1)C(C)NC(=O)/C=C/c1cc(F)cc(F)c1.CC.CC. The first-order valence-electron chi connectivity index (χ1n) is 11.1. The lowest BCUT2D eigenvalue weighted by Crippen LogP contribution is -2.36. The summed E-state index contributed by atoms with van der Waals surface area (Å²) in [5.41, 5.74) is 0.885. The molecule has 1 fully saturated rings. The van der Waals surface area contributed by atoms with Crippen molar-refractivity contribution in [3.63, 3.8) is 0 Å². The second kappa shape index (κ2) is 17.9. The molecule has 1 atom stereocenters. The molecule has 1 aromatic rings. The van der Waals surface area contributed by atoms with Crippen LogP contribution < -0.4 is 5.32 Å². The maximum Gasteiger partial charge on any atom is 0.244 e. The lowest BCUT2D eigenvalue weighted by atomic mass is 10.1. The van der Waals surface area contributed by atoms with Gasteiger partial charge in [-0.05, 0) is 36.8 Å². The summed E-state index contributed by atoms with van der Waals surface area (Å²) in [7, 11) is 0. The number of rotatable bonds is 7. The van der Waals surface area contributed by atoms with Gasteiger partial charge >= 0.3 is 0 Å². The molecule has 6 heteroatoms. The fraction of sp³-hybridized carbons (Fsp3) is 0.423. The molecule has 1 unspecified atom stereocenters. The van der Waals surface area contributed by atoms with Gasteiger partial charge in [-0.3, -0.25) is 9.69 Å². The first-order chi connectivity index (χ1) is 15.5. The number of hydrogen-bond donors (Lipinski definition) is 1. The number of terminal acetylenes is 1. The fourth-order valence-electron chi connectivity index (χ4n) is 2.67. The quantitative estimate of drug-likeness (QED) is 0.365. The third-order valence-corrected chi connectivity index (χ3v) is 4.18. The number of nitrogens with zero attached hydrogens (tertiary/aromatic N) is 1. The van der Waals surface area contributed by atoms with E-state index >= 15 is 0 Å². The average Bonchev–Trinajstić information content (AvgIpc) is 2.80. The second-order valence-corrected chi connectivity index (χ2v) is 6.37. The number of hydrogen-bond acceptors (Lipinski definition) is 3. The molecule has 0 aliphatic carbocycles. The number of ether oxygens (including phenoxy) is 1. The van der Waals surface area contributed by atoms with Crippen LogP contribution in [-0.2, 0) is 9.53 Å². The highest BCUT2D eigenvalue weighted by molar-refractivity contribution is 5.92. The van der Waals surface area contributed by atoms with Crippen LogP contribution in [0.1, 0.15) is 40.2 Å². The van der Waals surface area contributed by atoms with Crippen molar-refractivity contribution in [3.8, 4) is 12.3 Å². The van der Waals surface area contributed by atoms with E-state index in [1.54, 1.807) is 13.0 Å². The summed E-state index contributed by atoms with van der Waals surface area (Å²) in [6, 6.07) is 2.68.